The Morgan fingerprint density at radius 3 is 2.67 bits per heavy atom. The zero-order chi connectivity index (χ0) is 13.4. The van der Waals surface area contributed by atoms with Gasteiger partial charge in [-0.25, -0.2) is 8.42 Å². The van der Waals surface area contributed by atoms with Gasteiger partial charge >= 0.3 is 0 Å². The van der Waals surface area contributed by atoms with Gasteiger partial charge in [0.05, 0.1) is 18.0 Å². The van der Waals surface area contributed by atoms with Gasteiger partial charge in [0.2, 0.25) is 10.0 Å². The number of hydrogen-bond donors (Lipinski definition) is 1. The second-order valence-electron chi connectivity index (χ2n) is 3.92. The predicted octanol–water partition coefficient (Wildman–Crippen LogP) is 0.843. The first-order chi connectivity index (χ1) is 8.60. The summed E-state index contributed by atoms with van der Waals surface area (Å²) in [6, 6.07) is 5.52. The molecule has 0 saturated heterocycles. The van der Waals surface area contributed by atoms with E-state index in [2.05, 4.69) is 10.3 Å². The largest absolute Gasteiger partial charge is 0.316 e. The van der Waals surface area contributed by atoms with Crippen LogP contribution in [0.4, 0.5) is 0 Å². The van der Waals surface area contributed by atoms with Crippen LogP contribution in [0.2, 0.25) is 0 Å². The first kappa shape index (κ1) is 15.1. The second kappa shape index (κ2) is 7.45. The van der Waals surface area contributed by atoms with Crippen molar-refractivity contribution < 1.29 is 8.42 Å². The summed E-state index contributed by atoms with van der Waals surface area (Å²) < 4.78 is 25.7. The molecule has 0 radical (unpaired) electrons. The first-order valence-electron chi connectivity index (χ1n) is 6.18. The van der Waals surface area contributed by atoms with Crippen LogP contribution in [0, 0.1) is 0 Å². The van der Waals surface area contributed by atoms with Crippen molar-refractivity contribution >= 4 is 10.0 Å². The van der Waals surface area contributed by atoms with E-state index < -0.39 is 10.0 Å². The molecule has 1 heterocycles. The fraction of sp³-hybridized carbons (Fsp3) is 0.583. The zero-order valence-corrected chi connectivity index (χ0v) is 11.8. The highest BCUT2D eigenvalue weighted by atomic mass is 32.2. The van der Waals surface area contributed by atoms with Crippen molar-refractivity contribution in [3.8, 4) is 0 Å². The quantitative estimate of drug-likeness (QED) is 0.712. The summed E-state index contributed by atoms with van der Waals surface area (Å²) in [7, 11) is -3.21. The average Bonchev–Trinajstić information content (AvgIpc) is 2.37. The molecule has 0 aliphatic heterocycles. The molecule has 0 unspecified atom stereocenters. The Bertz CT molecular complexity index is 434. The number of nitrogens with zero attached hydrogens (tertiary/aromatic N) is 2. The summed E-state index contributed by atoms with van der Waals surface area (Å²) in [5, 5.41) is 3.03. The Morgan fingerprint density at radius 1 is 1.33 bits per heavy atom. The van der Waals surface area contributed by atoms with Crippen LogP contribution in [0.1, 0.15) is 19.5 Å². The van der Waals surface area contributed by atoms with Crippen LogP contribution < -0.4 is 5.32 Å². The maximum atomic E-state index is 12.1. The monoisotopic (exact) mass is 271 g/mol. The van der Waals surface area contributed by atoms with Crippen LogP contribution in [0.5, 0.6) is 0 Å². The molecule has 0 spiro atoms. The predicted molar refractivity (Wildman–Crippen MR) is 72.7 cm³/mol. The number of sulfonamides is 1. The van der Waals surface area contributed by atoms with E-state index in [-0.39, 0.29) is 5.75 Å². The van der Waals surface area contributed by atoms with Crippen LogP contribution in [0.15, 0.2) is 24.4 Å². The Kier molecular flexibility index (Phi) is 6.24. The maximum absolute atomic E-state index is 12.1. The molecule has 0 saturated carbocycles. The van der Waals surface area contributed by atoms with E-state index in [1.165, 1.54) is 4.31 Å². The fourth-order valence-corrected chi connectivity index (χ4v) is 2.97. The van der Waals surface area contributed by atoms with E-state index in [9.17, 15) is 8.42 Å². The van der Waals surface area contributed by atoms with Crippen LogP contribution in [0.3, 0.4) is 0 Å². The molecule has 5 nitrogen and oxygen atoms in total. The molecule has 0 amide bonds. The SMILES string of the molecule is CCNCCS(=O)(=O)N(CC)Cc1ccccn1. The highest BCUT2D eigenvalue weighted by molar-refractivity contribution is 7.89. The molecular weight excluding hydrogens is 250 g/mol. The third-order valence-corrected chi connectivity index (χ3v) is 4.49. The van der Waals surface area contributed by atoms with Crippen LogP contribution >= 0.6 is 0 Å². The normalized spacial score (nSPS) is 11.9. The third-order valence-electron chi connectivity index (χ3n) is 2.60. The highest BCUT2D eigenvalue weighted by Gasteiger charge is 2.20. The lowest BCUT2D eigenvalue weighted by molar-refractivity contribution is 0.418. The van der Waals surface area contributed by atoms with Crippen molar-refractivity contribution in [1.29, 1.82) is 0 Å². The molecule has 0 fully saturated rings. The van der Waals surface area contributed by atoms with E-state index in [1.54, 1.807) is 6.20 Å². The fourth-order valence-electron chi connectivity index (χ4n) is 1.59. The van der Waals surface area contributed by atoms with Gasteiger partial charge < -0.3 is 5.32 Å². The molecular formula is C12H21N3O2S. The Labute approximate surface area is 109 Å². The Hall–Kier alpha value is -0.980. The molecule has 0 aliphatic rings. The minimum absolute atomic E-state index is 0.127. The average molecular weight is 271 g/mol. The highest BCUT2D eigenvalue weighted by Crippen LogP contribution is 2.07. The first-order valence-corrected chi connectivity index (χ1v) is 7.79. The Morgan fingerprint density at radius 2 is 2.11 bits per heavy atom. The lowest BCUT2D eigenvalue weighted by atomic mass is 10.3. The van der Waals surface area contributed by atoms with Gasteiger partial charge in [0.25, 0.3) is 0 Å². The van der Waals surface area contributed by atoms with Crippen molar-refractivity contribution in [2.75, 3.05) is 25.4 Å². The smallest absolute Gasteiger partial charge is 0.215 e. The molecule has 0 bridgehead atoms. The lowest BCUT2D eigenvalue weighted by Gasteiger charge is -2.20. The lowest BCUT2D eigenvalue weighted by Crippen LogP contribution is -2.36. The molecule has 0 atom stereocenters. The van der Waals surface area contributed by atoms with Crippen molar-refractivity contribution in [3.05, 3.63) is 30.1 Å². The standard InChI is InChI=1S/C12H21N3O2S/c1-3-13-9-10-18(16,17)15(4-2)11-12-7-5-6-8-14-12/h5-8,13H,3-4,9-11H2,1-2H3. The number of pyridine rings is 1. The number of nitrogens with one attached hydrogen (secondary N) is 1. The van der Waals surface area contributed by atoms with E-state index in [0.29, 0.717) is 19.6 Å². The summed E-state index contributed by atoms with van der Waals surface area (Å²) in [5.41, 5.74) is 0.770. The van der Waals surface area contributed by atoms with Gasteiger partial charge in [0, 0.05) is 19.3 Å². The molecule has 0 aliphatic carbocycles. The number of aromatic nitrogens is 1. The van der Waals surface area contributed by atoms with Crippen molar-refractivity contribution in [2.24, 2.45) is 0 Å². The van der Waals surface area contributed by atoms with Crippen molar-refractivity contribution in [2.45, 2.75) is 20.4 Å². The molecule has 1 aromatic heterocycles. The van der Waals surface area contributed by atoms with Crippen molar-refractivity contribution in [1.82, 2.24) is 14.6 Å². The zero-order valence-electron chi connectivity index (χ0n) is 11.0. The molecule has 1 rings (SSSR count). The maximum Gasteiger partial charge on any atom is 0.215 e. The molecule has 1 N–H and O–H groups in total. The van der Waals surface area contributed by atoms with Gasteiger partial charge in [0.1, 0.15) is 0 Å². The summed E-state index contributed by atoms with van der Waals surface area (Å²) in [5.74, 6) is 0.127. The third kappa shape index (κ3) is 4.72. The second-order valence-corrected chi connectivity index (χ2v) is 6.01. The van der Waals surface area contributed by atoms with E-state index >= 15 is 0 Å². The van der Waals surface area contributed by atoms with E-state index in [1.807, 2.05) is 32.0 Å². The van der Waals surface area contributed by atoms with E-state index in [0.717, 1.165) is 12.2 Å². The Balaban J connectivity index is 2.65. The molecule has 18 heavy (non-hydrogen) atoms. The minimum Gasteiger partial charge on any atom is -0.316 e. The van der Waals surface area contributed by atoms with Gasteiger partial charge in [-0.05, 0) is 18.7 Å². The van der Waals surface area contributed by atoms with Gasteiger partial charge in [-0.3, -0.25) is 4.98 Å². The molecule has 1 aromatic rings. The van der Waals surface area contributed by atoms with Crippen molar-refractivity contribution in [3.63, 3.8) is 0 Å². The molecule has 6 heteroatoms. The van der Waals surface area contributed by atoms with Gasteiger partial charge in [-0.1, -0.05) is 19.9 Å². The number of rotatable bonds is 8. The van der Waals surface area contributed by atoms with Crippen LogP contribution in [-0.2, 0) is 16.6 Å². The summed E-state index contributed by atoms with van der Waals surface area (Å²) in [6.07, 6.45) is 1.68. The van der Waals surface area contributed by atoms with Gasteiger partial charge in [-0.15, -0.1) is 0 Å². The van der Waals surface area contributed by atoms with Gasteiger partial charge in [0.15, 0.2) is 0 Å². The summed E-state index contributed by atoms with van der Waals surface area (Å²) in [4.78, 5) is 4.15. The number of hydrogen-bond acceptors (Lipinski definition) is 4. The van der Waals surface area contributed by atoms with Crippen LogP contribution in [0.25, 0.3) is 0 Å². The van der Waals surface area contributed by atoms with Gasteiger partial charge in [-0.2, -0.15) is 4.31 Å². The molecule has 102 valence electrons. The summed E-state index contributed by atoms with van der Waals surface area (Å²) in [6.45, 7) is 5.86. The van der Waals surface area contributed by atoms with E-state index in [4.69, 9.17) is 0 Å². The topological polar surface area (TPSA) is 62.3 Å². The van der Waals surface area contributed by atoms with Crippen LogP contribution in [-0.4, -0.2) is 43.1 Å². The minimum atomic E-state index is -3.21. The summed E-state index contributed by atoms with van der Waals surface area (Å²) >= 11 is 0. The molecule has 0 aromatic carbocycles.